The second-order valence-corrected chi connectivity index (χ2v) is 3.21. The van der Waals surface area contributed by atoms with E-state index in [0.29, 0.717) is 13.1 Å². The highest BCUT2D eigenvalue weighted by Gasteiger charge is 2.19. The summed E-state index contributed by atoms with van der Waals surface area (Å²) in [6.45, 7) is 2.04. The highest BCUT2D eigenvalue weighted by Crippen LogP contribution is 2.19. The summed E-state index contributed by atoms with van der Waals surface area (Å²) in [7, 11) is 0. The Kier molecular flexibility index (Phi) is 3.39. The molecule has 1 rings (SSSR count). The van der Waals surface area contributed by atoms with Gasteiger partial charge in [-0.3, -0.25) is 4.79 Å². The van der Waals surface area contributed by atoms with E-state index in [9.17, 15) is 13.6 Å². The topological polar surface area (TPSA) is 20.3 Å². The molecule has 0 unspecified atom stereocenters. The molecular formula is C9H13F2NO. The number of halogens is 2. The van der Waals surface area contributed by atoms with E-state index in [0.717, 1.165) is 26.2 Å². The molecule has 0 aromatic rings. The molecular weight excluding hydrogens is 176 g/mol. The maximum Gasteiger partial charge on any atom is 0.229 e. The first-order valence-corrected chi connectivity index (χ1v) is 4.44. The first-order valence-electron chi connectivity index (χ1n) is 4.44. The molecule has 0 saturated carbocycles. The van der Waals surface area contributed by atoms with Crippen LogP contribution in [0.15, 0.2) is 11.8 Å². The Hall–Kier alpha value is -0.930. The number of ketones is 1. The van der Waals surface area contributed by atoms with Crippen molar-refractivity contribution in [3.05, 3.63) is 11.8 Å². The summed E-state index contributed by atoms with van der Waals surface area (Å²) < 4.78 is 26.0. The van der Waals surface area contributed by atoms with Crippen LogP contribution < -0.4 is 0 Å². The minimum Gasteiger partial charge on any atom is -0.346 e. The molecule has 0 spiro atoms. The van der Waals surface area contributed by atoms with E-state index >= 15 is 0 Å². The van der Waals surface area contributed by atoms with Gasteiger partial charge < -0.3 is 4.90 Å². The van der Waals surface area contributed by atoms with Gasteiger partial charge in [0.05, 0.1) is 0 Å². The van der Waals surface area contributed by atoms with Crippen LogP contribution in [0.3, 0.4) is 0 Å². The van der Waals surface area contributed by atoms with Gasteiger partial charge in [-0.2, -0.15) is 8.78 Å². The van der Waals surface area contributed by atoms with Gasteiger partial charge in [0, 0.05) is 20.0 Å². The van der Waals surface area contributed by atoms with Gasteiger partial charge in [-0.1, -0.05) is 0 Å². The van der Waals surface area contributed by atoms with Crippen molar-refractivity contribution in [1.82, 2.24) is 4.90 Å². The SMILES string of the molecule is CC(=O)C(F)=C(F)N1CCCCC1. The third-order valence-corrected chi connectivity index (χ3v) is 2.12. The minimum atomic E-state index is -1.25. The lowest BCUT2D eigenvalue weighted by Gasteiger charge is -2.26. The van der Waals surface area contributed by atoms with Crippen LogP contribution in [0, 0.1) is 0 Å². The summed E-state index contributed by atoms with van der Waals surface area (Å²) in [6.07, 6.45) is 2.77. The maximum absolute atomic E-state index is 13.1. The molecule has 74 valence electrons. The predicted molar refractivity (Wildman–Crippen MR) is 45.3 cm³/mol. The number of hydrogen-bond donors (Lipinski definition) is 0. The third-order valence-electron chi connectivity index (χ3n) is 2.12. The third kappa shape index (κ3) is 2.50. The summed E-state index contributed by atoms with van der Waals surface area (Å²) >= 11 is 0. The Balaban J connectivity index is 2.68. The lowest BCUT2D eigenvalue weighted by Crippen LogP contribution is -2.28. The van der Waals surface area contributed by atoms with E-state index in [2.05, 4.69) is 0 Å². The molecule has 0 aromatic heterocycles. The summed E-state index contributed by atoms with van der Waals surface area (Å²) in [6, 6.07) is 0. The normalized spacial score (nSPS) is 19.8. The largest absolute Gasteiger partial charge is 0.346 e. The molecule has 0 aromatic carbocycles. The van der Waals surface area contributed by atoms with E-state index in [1.54, 1.807) is 0 Å². The van der Waals surface area contributed by atoms with Gasteiger partial charge in [-0.05, 0) is 19.3 Å². The number of carbonyl (C=O) groups is 1. The van der Waals surface area contributed by atoms with Crippen molar-refractivity contribution in [1.29, 1.82) is 0 Å². The van der Waals surface area contributed by atoms with Crippen molar-refractivity contribution in [3.8, 4) is 0 Å². The summed E-state index contributed by atoms with van der Waals surface area (Å²) in [5.74, 6) is -3.09. The second-order valence-electron chi connectivity index (χ2n) is 3.21. The number of allylic oxidation sites excluding steroid dienone is 1. The Morgan fingerprint density at radius 3 is 2.15 bits per heavy atom. The van der Waals surface area contributed by atoms with Crippen molar-refractivity contribution < 1.29 is 13.6 Å². The minimum absolute atomic E-state index is 0.506. The van der Waals surface area contributed by atoms with E-state index in [1.807, 2.05) is 0 Å². The quantitative estimate of drug-likeness (QED) is 0.490. The lowest BCUT2D eigenvalue weighted by molar-refractivity contribution is -0.115. The molecule has 13 heavy (non-hydrogen) atoms. The molecule has 2 nitrogen and oxygen atoms in total. The number of hydrogen-bond acceptors (Lipinski definition) is 2. The smallest absolute Gasteiger partial charge is 0.229 e. The van der Waals surface area contributed by atoms with Crippen LogP contribution in [0.4, 0.5) is 8.78 Å². The fourth-order valence-electron chi connectivity index (χ4n) is 1.37. The number of nitrogens with zero attached hydrogens (tertiary/aromatic N) is 1. The molecule has 1 aliphatic heterocycles. The van der Waals surface area contributed by atoms with E-state index in [-0.39, 0.29) is 0 Å². The van der Waals surface area contributed by atoms with Crippen molar-refractivity contribution >= 4 is 5.78 Å². The first-order chi connectivity index (χ1) is 6.13. The Labute approximate surface area is 76.2 Å². The number of Topliss-reactive ketones (excluding diaryl/α,β-unsaturated/α-hetero) is 1. The second kappa shape index (κ2) is 4.35. The zero-order chi connectivity index (χ0) is 9.84. The monoisotopic (exact) mass is 189 g/mol. The van der Waals surface area contributed by atoms with Gasteiger partial charge in [0.15, 0.2) is 5.78 Å². The molecule has 0 bridgehead atoms. The van der Waals surface area contributed by atoms with Crippen molar-refractivity contribution in [2.75, 3.05) is 13.1 Å². The van der Waals surface area contributed by atoms with Crippen LogP contribution in [0.5, 0.6) is 0 Å². The molecule has 0 atom stereocenters. The van der Waals surface area contributed by atoms with Crippen molar-refractivity contribution in [3.63, 3.8) is 0 Å². The van der Waals surface area contributed by atoms with Gasteiger partial charge in [-0.25, -0.2) is 0 Å². The van der Waals surface area contributed by atoms with Gasteiger partial charge in [0.2, 0.25) is 11.8 Å². The standard InChI is InChI=1S/C9H13F2NO/c1-7(13)8(10)9(11)12-5-3-2-4-6-12/h2-6H2,1H3. The van der Waals surface area contributed by atoms with Gasteiger partial charge in [-0.15, -0.1) is 0 Å². The highest BCUT2D eigenvalue weighted by molar-refractivity contribution is 5.91. The Morgan fingerprint density at radius 2 is 1.69 bits per heavy atom. The lowest BCUT2D eigenvalue weighted by atomic mass is 10.1. The molecule has 0 N–H and O–H groups in total. The van der Waals surface area contributed by atoms with Crippen LogP contribution in [0.25, 0.3) is 0 Å². The Bertz CT molecular complexity index is 232. The molecule has 0 amide bonds. The zero-order valence-corrected chi connectivity index (χ0v) is 7.65. The average Bonchev–Trinajstić information content (AvgIpc) is 2.17. The molecule has 0 aliphatic carbocycles. The molecule has 1 heterocycles. The number of carbonyl (C=O) groups excluding carboxylic acids is 1. The maximum atomic E-state index is 13.1. The van der Waals surface area contributed by atoms with Gasteiger partial charge in [0.1, 0.15) is 0 Å². The average molecular weight is 189 g/mol. The van der Waals surface area contributed by atoms with Crippen LogP contribution in [-0.2, 0) is 4.79 Å². The van der Waals surface area contributed by atoms with E-state index in [4.69, 9.17) is 0 Å². The molecule has 1 aliphatic rings. The molecule has 0 radical (unpaired) electrons. The fourth-order valence-corrected chi connectivity index (χ4v) is 1.37. The molecule has 1 fully saturated rings. The van der Waals surface area contributed by atoms with Crippen molar-refractivity contribution in [2.45, 2.75) is 26.2 Å². The molecule has 1 saturated heterocycles. The number of rotatable bonds is 2. The fraction of sp³-hybridized carbons (Fsp3) is 0.667. The van der Waals surface area contributed by atoms with Gasteiger partial charge in [0.25, 0.3) is 0 Å². The van der Waals surface area contributed by atoms with E-state index < -0.39 is 17.6 Å². The first kappa shape index (κ1) is 10.2. The molecule has 4 heteroatoms. The number of piperidine rings is 1. The zero-order valence-electron chi connectivity index (χ0n) is 7.65. The van der Waals surface area contributed by atoms with E-state index in [1.165, 1.54) is 4.90 Å². The highest BCUT2D eigenvalue weighted by atomic mass is 19.2. The van der Waals surface area contributed by atoms with Crippen LogP contribution >= 0.6 is 0 Å². The summed E-state index contributed by atoms with van der Waals surface area (Å²) in [4.78, 5) is 11.8. The van der Waals surface area contributed by atoms with Crippen LogP contribution in [0.2, 0.25) is 0 Å². The summed E-state index contributed by atoms with van der Waals surface area (Å²) in [5, 5.41) is 0. The Morgan fingerprint density at radius 1 is 1.15 bits per heavy atom. The predicted octanol–water partition coefficient (Wildman–Crippen LogP) is 2.17. The van der Waals surface area contributed by atoms with Crippen LogP contribution in [-0.4, -0.2) is 23.8 Å². The van der Waals surface area contributed by atoms with Crippen LogP contribution in [0.1, 0.15) is 26.2 Å². The van der Waals surface area contributed by atoms with Crippen molar-refractivity contribution in [2.24, 2.45) is 0 Å². The summed E-state index contributed by atoms with van der Waals surface area (Å²) in [5.41, 5.74) is 0. The van der Waals surface area contributed by atoms with Gasteiger partial charge >= 0.3 is 0 Å². The number of likely N-dealkylation sites (tertiary alicyclic amines) is 1.